The Labute approximate surface area is 124 Å². The van der Waals surface area contributed by atoms with E-state index in [1.165, 1.54) is 6.07 Å². The Kier molecular flexibility index (Phi) is 4.82. The summed E-state index contributed by atoms with van der Waals surface area (Å²) in [5.74, 6) is 0.0694. The molecular weight excluding hydrogens is 279 g/mol. The first-order valence-corrected chi connectivity index (χ1v) is 7.37. The van der Waals surface area contributed by atoms with Crippen molar-refractivity contribution in [3.63, 3.8) is 0 Å². The molecule has 0 aromatic heterocycles. The second-order valence-electron chi connectivity index (χ2n) is 5.69. The number of rotatable bonds is 4. The highest BCUT2D eigenvalue weighted by molar-refractivity contribution is 6.30. The summed E-state index contributed by atoms with van der Waals surface area (Å²) < 4.78 is 19.4. The fourth-order valence-corrected chi connectivity index (χ4v) is 3.04. The topological polar surface area (TPSA) is 26.3 Å². The maximum Gasteiger partial charge on any atom is 0.169 e. The Morgan fingerprint density at radius 2 is 2.10 bits per heavy atom. The van der Waals surface area contributed by atoms with E-state index in [-0.39, 0.29) is 17.2 Å². The molecular formula is C16H20ClFO2. The number of ketones is 1. The minimum absolute atomic E-state index is 0.0363. The molecule has 110 valence electrons. The van der Waals surface area contributed by atoms with Crippen molar-refractivity contribution in [2.75, 3.05) is 7.11 Å². The van der Waals surface area contributed by atoms with Gasteiger partial charge in [0.15, 0.2) is 5.78 Å². The van der Waals surface area contributed by atoms with Gasteiger partial charge in [-0.3, -0.25) is 4.79 Å². The van der Waals surface area contributed by atoms with Crippen LogP contribution in [0.25, 0.3) is 0 Å². The van der Waals surface area contributed by atoms with Gasteiger partial charge >= 0.3 is 0 Å². The molecule has 0 heterocycles. The number of methoxy groups -OCH3 is 1. The van der Waals surface area contributed by atoms with E-state index < -0.39 is 11.4 Å². The summed E-state index contributed by atoms with van der Waals surface area (Å²) in [5, 5.41) is 0.0547. The molecule has 1 saturated carbocycles. The molecule has 1 aliphatic carbocycles. The van der Waals surface area contributed by atoms with E-state index in [2.05, 4.69) is 6.92 Å². The van der Waals surface area contributed by atoms with Crippen molar-refractivity contribution < 1.29 is 13.9 Å². The maximum absolute atomic E-state index is 13.9. The van der Waals surface area contributed by atoms with Gasteiger partial charge in [0.25, 0.3) is 0 Å². The summed E-state index contributed by atoms with van der Waals surface area (Å²) in [6.07, 6.45) is 3.40. The zero-order chi connectivity index (χ0) is 14.8. The lowest BCUT2D eigenvalue weighted by Gasteiger charge is -2.37. The fourth-order valence-electron chi connectivity index (χ4n) is 2.84. The molecule has 0 bridgehead atoms. The van der Waals surface area contributed by atoms with Crippen LogP contribution in [0.15, 0.2) is 18.2 Å². The zero-order valence-corrected chi connectivity index (χ0v) is 12.7. The molecule has 0 N–H and O–H groups in total. The summed E-state index contributed by atoms with van der Waals surface area (Å²) in [4.78, 5) is 12.6. The second kappa shape index (κ2) is 6.23. The molecule has 1 fully saturated rings. The highest BCUT2D eigenvalue weighted by Crippen LogP contribution is 2.36. The number of halogens is 2. The summed E-state index contributed by atoms with van der Waals surface area (Å²) in [7, 11) is 1.57. The molecule has 4 heteroatoms. The van der Waals surface area contributed by atoms with Gasteiger partial charge in [0.1, 0.15) is 11.4 Å². The van der Waals surface area contributed by atoms with Gasteiger partial charge in [-0.15, -0.1) is 0 Å². The first-order chi connectivity index (χ1) is 9.48. The molecule has 1 aromatic carbocycles. The number of benzene rings is 1. The number of ether oxygens (including phenoxy) is 1. The van der Waals surface area contributed by atoms with Gasteiger partial charge in [0.05, 0.1) is 5.02 Å². The maximum atomic E-state index is 13.9. The molecule has 0 amide bonds. The van der Waals surface area contributed by atoms with E-state index in [0.717, 1.165) is 12.8 Å². The lowest BCUT2D eigenvalue weighted by Crippen LogP contribution is -2.44. The third kappa shape index (κ3) is 3.04. The molecule has 0 aliphatic heterocycles. The van der Waals surface area contributed by atoms with Crippen LogP contribution in [0.3, 0.4) is 0 Å². The quantitative estimate of drug-likeness (QED) is 0.833. The standard InChI is InChI=1S/C16H20ClFO2/c1-11-6-8-16(20-2,9-7-11)14(19)10-12-4-3-5-13(17)15(12)18/h3-5,11H,6-10H2,1-2H3. The summed E-state index contributed by atoms with van der Waals surface area (Å²) in [6, 6.07) is 4.75. The van der Waals surface area contributed by atoms with E-state index in [9.17, 15) is 9.18 Å². The summed E-state index contributed by atoms with van der Waals surface area (Å²) in [6.45, 7) is 2.18. The average Bonchev–Trinajstić information content (AvgIpc) is 2.45. The van der Waals surface area contributed by atoms with Crippen LogP contribution in [-0.2, 0) is 16.0 Å². The van der Waals surface area contributed by atoms with E-state index >= 15 is 0 Å². The summed E-state index contributed by atoms with van der Waals surface area (Å²) in [5.41, 5.74) is -0.404. The first-order valence-electron chi connectivity index (χ1n) is 7.00. The Bertz CT molecular complexity index is 493. The molecule has 1 aliphatic rings. The van der Waals surface area contributed by atoms with Crippen LogP contribution in [0.5, 0.6) is 0 Å². The highest BCUT2D eigenvalue weighted by atomic mass is 35.5. The Morgan fingerprint density at radius 1 is 1.45 bits per heavy atom. The normalized spacial score (nSPS) is 26.5. The van der Waals surface area contributed by atoms with Crippen molar-refractivity contribution in [2.45, 2.75) is 44.6 Å². The third-order valence-electron chi connectivity index (χ3n) is 4.36. The summed E-state index contributed by atoms with van der Waals surface area (Å²) >= 11 is 5.75. The molecule has 0 radical (unpaired) electrons. The van der Waals surface area contributed by atoms with Crippen molar-refractivity contribution in [1.82, 2.24) is 0 Å². The molecule has 2 rings (SSSR count). The van der Waals surface area contributed by atoms with Crippen LogP contribution >= 0.6 is 11.6 Å². The largest absolute Gasteiger partial charge is 0.370 e. The third-order valence-corrected chi connectivity index (χ3v) is 4.66. The van der Waals surface area contributed by atoms with Gasteiger partial charge in [-0.2, -0.15) is 0 Å². The van der Waals surface area contributed by atoms with Crippen molar-refractivity contribution in [3.05, 3.63) is 34.6 Å². The van der Waals surface area contributed by atoms with Crippen molar-refractivity contribution >= 4 is 17.4 Å². The number of carbonyl (C=O) groups is 1. The number of Topliss-reactive ketones (excluding diaryl/α,β-unsaturated/α-hetero) is 1. The highest BCUT2D eigenvalue weighted by Gasteiger charge is 2.40. The first kappa shape index (κ1) is 15.5. The predicted octanol–water partition coefficient (Wildman–Crippen LogP) is 4.19. The molecule has 0 spiro atoms. The average molecular weight is 299 g/mol. The lowest BCUT2D eigenvalue weighted by atomic mass is 9.76. The zero-order valence-electron chi connectivity index (χ0n) is 11.9. The second-order valence-corrected chi connectivity index (χ2v) is 6.10. The van der Waals surface area contributed by atoms with E-state index in [0.29, 0.717) is 24.3 Å². The van der Waals surface area contributed by atoms with Crippen LogP contribution in [0, 0.1) is 11.7 Å². The Balaban J connectivity index is 2.16. The molecule has 20 heavy (non-hydrogen) atoms. The van der Waals surface area contributed by atoms with Crippen molar-refractivity contribution in [3.8, 4) is 0 Å². The lowest BCUT2D eigenvalue weighted by molar-refractivity contribution is -0.145. The molecule has 0 atom stereocenters. The minimum Gasteiger partial charge on any atom is -0.370 e. The minimum atomic E-state index is -0.749. The van der Waals surface area contributed by atoms with Gasteiger partial charge < -0.3 is 4.74 Å². The molecule has 0 unspecified atom stereocenters. The Hall–Kier alpha value is -0.930. The number of carbonyl (C=O) groups excluding carboxylic acids is 1. The monoisotopic (exact) mass is 298 g/mol. The SMILES string of the molecule is COC1(C(=O)Cc2cccc(Cl)c2F)CCC(C)CC1. The van der Waals surface area contributed by atoms with Crippen LogP contribution < -0.4 is 0 Å². The van der Waals surface area contributed by atoms with Gasteiger partial charge in [0, 0.05) is 13.5 Å². The molecule has 2 nitrogen and oxygen atoms in total. The fraction of sp³-hybridized carbons (Fsp3) is 0.562. The van der Waals surface area contributed by atoms with E-state index in [4.69, 9.17) is 16.3 Å². The van der Waals surface area contributed by atoms with Crippen LogP contribution in [-0.4, -0.2) is 18.5 Å². The van der Waals surface area contributed by atoms with Crippen LogP contribution in [0.2, 0.25) is 5.02 Å². The number of hydrogen-bond donors (Lipinski definition) is 0. The van der Waals surface area contributed by atoms with E-state index in [1.54, 1.807) is 19.2 Å². The van der Waals surface area contributed by atoms with E-state index in [1.807, 2.05) is 0 Å². The van der Waals surface area contributed by atoms with Gasteiger partial charge in [0.2, 0.25) is 0 Å². The van der Waals surface area contributed by atoms with Crippen molar-refractivity contribution in [1.29, 1.82) is 0 Å². The predicted molar refractivity (Wildman–Crippen MR) is 77.5 cm³/mol. The van der Waals surface area contributed by atoms with Gasteiger partial charge in [-0.1, -0.05) is 30.7 Å². The molecule has 1 aromatic rings. The van der Waals surface area contributed by atoms with Gasteiger partial charge in [-0.25, -0.2) is 4.39 Å². The Morgan fingerprint density at radius 3 is 2.70 bits per heavy atom. The van der Waals surface area contributed by atoms with Gasteiger partial charge in [-0.05, 0) is 43.2 Å². The van der Waals surface area contributed by atoms with Crippen LogP contribution in [0.4, 0.5) is 4.39 Å². The van der Waals surface area contributed by atoms with Crippen LogP contribution in [0.1, 0.15) is 38.2 Å². The number of hydrogen-bond acceptors (Lipinski definition) is 2. The van der Waals surface area contributed by atoms with Crippen molar-refractivity contribution in [2.24, 2.45) is 5.92 Å². The smallest absolute Gasteiger partial charge is 0.169 e. The molecule has 0 saturated heterocycles.